The average molecular weight is 741 g/mol. The van der Waals surface area contributed by atoms with E-state index in [0.29, 0.717) is 0 Å². The van der Waals surface area contributed by atoms with Crippen molar-refractivity contribution in [2.45, 2.75) is 5.41 Å². The third kappa shape index (κ3) is 4.68. The zero-order valence-electron chi connectivity index (χ0n) is 31.6. The van der Waals surface area contributed by atoms with Gasteiger partial charge >= 0.3 is 0 Å². The van der Waals surface area contributed by atoms with Gasteiger partial charge in [0, 0.05) is 39.1 Å². The van der Waals surface area contributed by atoms with Crippen LogP contribution in [0.15, 0.2) is 223 Å². The molecule has 272 valence electrons. The topological polar surface area (TPSA) is 19.6 Å². The van der Waals surface area contributed by atoms with Gasteiger partial charge in [0.25, 0.3) is 0 Å². The Morgan fingerprint density at radius 2 is 1.03 bits per heavy atom. The number of fused-ring (bicyclic) bond motifs is 8. The zero-order valence-corrected chi connectivity index (χ0v) is 31.6. The highest BCUT2D eigenvalue weighted by Gasteiger charge is 2.52. The first kappa shape index (κ1) is 32.6. The van der Waals surface area contributed by atoms with Crippen molar-refractivity contribution in [3.63, 3.8) is 0 Å². The molecule has 1 unspecified atom stereocenters. The summed E-state index contributed by atoms with van der Waals surface area (Å²) >= 11 is 0. The Kier molecular flexibility index (Phi) is 7.14. The third-order valence-electron chi connectivity index (χ3n) is 12.2. The molecule has 1 aliphatic carbocycles. The van der Waals surface area contributed by atoms with Crippen molar-refractivity contribution < 1.29 is 4.42 Å². The zero-order chi connectivity index (χ0) is 38.2. The molecule has 0 fully saturated rings. The van der Waals surface area contributed by atoms with Crippen LogP contribution in [0.3, 0.4) is 0 Å². The Bertz CT molecular complexity index is 3170. The van der Waals surface area contributed by atoms with Gasteiger partial charge in [-0.3, -0.25) is 0 Å². The van der Waals surface area contributed by atoms with Crippen LogP contribution >= 0.6 is 0 Å². The minimum absolute atomic E-state index is 0.500. The number of anilines is 6. The normalized spacial score (nSPS) is 14.9. The summed E-state index contributed by atoms with van der Waals surface area (Å²) in [7, 11) is 0. The van der Waals surface area contributed by atoms with Gasteiger partial charge in [-0.15, -0.1) is 0 Å². The van der Waals surface area contributed by atoms with E-state index >= 15 is 0 Å². The molecule has 2 heterocycles. The molecule has 0 amide bonds. The van der Waals surface area contributed by atoms with Crippen molar-refractivity contribution in [2.24, 2.45) is 0 Å². The van der Waals surface area contributed by atoms with Crippen molar-refractivity contribution in [3.8, 4) is 22.3 Å². The van der Waals surface area contributed by atoms with E-state index in [1.165, 1.54) is 55.9 Å². The molecule has 1 aromatic heterocycles. The molecule has 0 N–H and O–H groups in total. The highest BCUT2D eigenvalue weighted by atomic mass is 16.3. The van der Waals surface area contributed by atoms with Gasteiger partial charge in [-0.1, -0.05) is 140 Å². The maximum Gasteiger partial charge on any atom is 0.135 e. The van der Waals surface area contributed by atoms with E-state index in [0.717, 1.165) is 44.7 Å². The van der Waals surface area contributed by atoms with Gasteiger partial charge in [-0.05, 0) is 118 Å². The van der Waals surface area contributed by atoms with Crippen LogP contribution in [0.1, 0.15) is 22.3 Å². The SMILES string of the molecule is c1ccc(N(c2ccc(-c3ccc4c(c3)C3(c5ccccc5)c5ccccc5N(c5ccccc5)c5cccc-4c53)cc2)c2ccc3oc4ccccc4c3c2)cc1. The lowest BCUT2D eigenvalue weighted by molar-refractivity contribution is 0.669. The summed E-state index contributed by atoms with van der Waals surface area (Å²) in [6.07, 6.45) is 0. The smallest absolute Gasteiger partial charge is 0.135 e. The standard InChI is InChI=1S/C55H36N2O/c1-4-15-39(16-5-1)55-48-23-11-12-24-50(48)57(41-19-8-3-9-20-41)51-25-14-22-46(54(51)55)44-33-29-38(35-49(44)55)37-27-30-42(31-28-37)56(40-17-6-2-7-18-40)43-32-34-53-47(36-43)45-21-10-13-26-52(45)58-53/h1-36H. The Balaban J connectivity index is 1.02. The summed E-state index contributed by atoms with van der Waals surface area (Å²) in [4.78, 5) is 4.78. The van der Waals surface area contributed by atoms with Gasteiger partial charge in [0.1, 0.15) is 11.2 Å². The molecular formula is C55H36N2O. The van der Waals surface area contributed by atoms with Gasteiger partial charge in [0.05, 0.1) is 16.8 Å². The van der Waals surface area contributed by atoms with E-state index in [2.05, 4.69) is 216 Å². The van der Waals surface area contributed by atoms with Crippen LogP contribution < -0.4 is 9.80 Å². The quantitative estimate of drug-likeness (QED) is 0.169. The molecule has 10 aromatic rings. The molecule has 3 nitrogen and oxygen atoms in total. The first-order chi connectivity index (χ1) is 28.8. The largest absolute Gasteiger partial charge is 0.456 e. The maximum absolute atomic E-state index is 6.20. The lowest BCUT2D eigenvalue weighted by atomic mass is 9.64. The number of para-hydroxylation sites is 4. The van der Waals surface area contributed by atoms with E-state index in [-0.39, 0.29) is 0 Å². The molecule has 3 heteroatoms. The second-order valence-electron chi connectivity index (χ2n) is 15.3. The fourth-order valence-corrected chi connectivity index (χ4v) is 9.82. The molecule has 0 radical (unpaired) electrons. The molecule has 58 heavy (non-hydrogen) atoms. The van der Waals surface area contributed by atoms with Crippen LogP contribution in [0.25, 0.3) is 44.2 Å². The average Bonchev–Trinajstić information content (AvgIpc) is 3.82. The predicted octanol–water partition coefficient (Wildman–Crippen LogP) is 14.9. The first-order valence-electron chi connectivity index (χ1n) is 19.9. The van der Waals surface area contributed by atoms with Crippen molar-refractivity contribution in [2.75, 3.05) is 9.80 Å². The van der Waals surface area contributed by atoms with Crippen molar-refractivity contribution in [3.05, 3.63) is 241 Å². The molecule has 1 atom stereocenters. The number of rotatable bonds is 6. The summed E-state index contributed by atoms with van der Waals surface area (Å²) < 4.78 is 6.20. The van der Waals surface area contributed by atoms with Gasteiger partial charge in [-0.2, -0.15) is 0 Å². The Labute approximate surface area is 337 Å². The monoisotopic (exact) mass is 740 g/mol. The number of nitrogens with zero attached hydrogens (tertiary/aromatic N) is 2. The maximum atomic E-state index is 6.20. The molecule has 12 rings (SSSR count). The van der Waals surface area contributed by atoms with Crippen molar-refractivity contribution in [1.82, 2.24) is 0 Å². The second-order valence-corrected chi connectivity index (χ2v) is 15.3. The molecule has 0 saturated heterocycles. The summed E-state index contributed by atoms with van der Waals surface area (Å²) in [5.74, 6) is 0. The van der Waals surface area contributed by atoms with E-state index in [1.54, 1.807) is 0 Å². The van der Waals surface area contributed by atoms with Crippen molar-refractivity contribution in [1.29, 1.82) is 0 Å². The van der Waals surface area contributed by atoms with Crippen LogP contribution in [-0.2, 0) is 5.41 Å². The number of hydrogen-bond acceptors (Lipinski definition) is 3. The molecule has 2 aliphatic rings. The summed E-state index contributed by atoms with van der Waals surface area (Å²) in [6, 6.07) is 79.3. The number of benzene rings is 9. The highest BCUT2D eigenvalue weighted by molar-refractivity contribution is 6.06. The minimum atomic E-state index is -0.500. The first-order valence-corrected chi connectivity index (χ1v) is 19.9. The molecular weight excluding hydrogens is 705 g/mol. The second kappa shape index (κ2) is 12.7. The Morgan fingerprint density at radius 3 is 1.86 bits per heavy atom. The summed E-state index contributed by atoms with van der Waals surface area (Å²) in [5, 5.41) is 2.23. The molecule has 0 bridgehead atoms. The van der Waals surface area contributed by atoms with Crippen LogP contribution in [0.5, 0.6) is 0 Å². The number of hydrogen-bond donors (Lipinski definition) is 0. The highest BCUT2D eigenvalue weighted by Crippen LogP contribution is 2.65. The Morgan fingerprint density at radius 1 is 0.397 bits per heavy atom. The summed E-state index contributed by atoms with van der Waals surface area (Å²) in [6.45, 7) is 0. The van der Waals surface area contributed by atoms with Gasteiger partial charge < -0.3 is 14.2 Å². The van der Waals surface area contributed by atoms with Crippen LogP contribution in [0.4, 0.5) is 34.1 Å². The minimum Gasteiger partial charge on any atom is -0.456 e. The third-order valence-corrected chi connectivity index (χ3v) is 12.2. The van der Waals surface area contributed by atoms with E-state index in [4.69, 9.17) is 4.42 Å². The number of furan rings is 1. The molecule has 1 aliphatic heterocycles. The van der Waals surface area contributed by atoms with E-state index in [9.17, 15) is 0 Å². The van der Waals surface area contributed by atoms with Crippen molar-refractivity contribution >= 4 is 56.1 Å². The lowest BCUT2D eigenvalue weighted by Gasteiger charge is -2.44. The van der Waals surface area contributed by atoms with Gasteiger partial charge in [0.15, 0.2) is 0 Å². The van der Waals surface area contributed by atoms with E-state index < -0.39 is 5.41 Å². The lowest BCUT2D eigenvalue weighted by Crippen LogP contribution is -2.35. The van der Waals surface area contributed by atoms with Gasteiger partial charge in [-0.25, -0.2) is 0 Å². The van der Waals surface area contributed by atoms with Crippen LogP contribution in [-0.4, -0.2) is 0 Å². The molecule has 0 spiro atoms. The predicted molar refractivity (Wildman–Crippen MR) is 239 cm³/mol. The Hall–Kier alpha value is -7.62. The summed E-state index contributed by atoms with van der Waals surface area (Å²) in [5.41, 5.74) is 18.3. The van der Waals surface area contributed by atoms with Gasteiger partial charge in [0.2, 0.25) is 0 Å². The molecule has 0 saturated carbocycles. The van der Waals surface area contributed by atoms with Crippen LogP contribution in [0, 0.1) is 0 Å². The fourth-order valence-electron chi connectivity index (χ4n) is 9.82. The van der Waals surface area contributed by atoms with Crippen LogP contribution in [0.2, 0.25) is 0 Å². The fraction of sp³-hybridized carbons (Fsp3) is 0.0182. The van der Waals surface area contributed by atoms with E-state index in [1.807, 2.05) is 12.1 Å². The molecule has 9 aromatic carbocycles.